The molecular weight excluding hydrogens is 417 g/mol. The van der Waals surface area contributed by atoms with Crippen LogP contribution in [-0.2, 0) is 10.8 Å². The second-order valence-corrected chi connectivity index (χ2v) is 12.8. The van der Waals surface area contributed by atoms with Gasteiger partial charge in [-0.05, 0) is 78.9 Å². The maximum absolute atomic E-state index is 13.4. The van der Waals surface area contributed by atoms with Crippen LogP contribution < -0.4 is 0 Å². The zero-order chi connectivity index (χ0) is 20.7. The van der Waals surface area contributed by atoms with Gasteiger partial charge in [0.1, 0.15) is 11.6 Å². The molecule has 0 aliphatic carbocycles. The maximum atomic E-state index is 13.4. The van der Waals surface area contributed by atoms with E-state index >= 15 is 0 Å². The van der Waals surface area contributed by atoms with Crippen LogP contribution in [0.25, 0.3) is 0 Å². The largest absolute Gasteiger partial charge is 0.410 e. The Morgan fingerprint density at radius 2 is 1.39 bits per heavy atom. The quantitative estimate of drug-likeness (QED) is 0.334. The van der Waals surface area contributed by atoms with Crippen molar-refractivity contribution in [1.82, 2.24) is 0 Å². The first-order valence-corrected chi connectivity index (χ1v) is 13.2. The van der Waals surface area contributed by atoms with Gasteiger partial charge >= 0.3 is 0 Å². The summed E-state index contributed by atoms with van der Waals surface area (Å²) in [5.41, 5.74) is 1.63. The lowest BCUT2D eigenvalue weighted by Gasteiger charge is -2.34. The molecule has 28 heavy (non-hydrogen) atoms. The van der Waals surface area contributed by atoms with Crippen LogP contribution in [0, 0.1) is 11.6 Å². The molecule has 0 saturated heterocycles. The Morgan fingerprint density at radius 3 is 1.89 bits per heavy atom. The van der Waals surface area contributed by atoms with E-state index in [1.807, 2.05) is 12.1 Å². The second kappa shape index (κ2) is 10.7. The molecule has 0 aromatic heterocycles. The summed E-state index contributed by atoms with van der Waals surface area (Å²) in [5.74, 6) is -1.09. The standard InChI is InChI=1S/C22H28Cl2F2OSi/c1-4-28(5-2,6-3)27-22(17-12-18(23)14-19(24)13-17)9-7-8-16-10-20(25)15-21(26)11-16/h10-15,22H,4-9H2,1-3H3. The van der Waals surface area contributed by atoms with E-state index in [1.54, 1.807) is 6.07 Å². The minimum Gasteiger partial charge on any atom is -0.410 e. The molecule has 1 atom stereocenters. The molecule has 6 heteroatoms. The van der Waals surface area contributed by atoms with Crippen molar-refractivity contribution in [1.29, 1.82) is 0 Å². The highest BCUT2D eigenvalue weighted by Crippen LogP contribution is 2.35. The van der Waals surface area contributed by atoms with E-state index in [0.29, 0.717) is 22.0 Å². The number of aryl methyl sites for hydroxylation is 1. The van der Waals surface area contributed by atoms with E-state index in [0.717, 1.165) is 42.6 Å². The van der Waals surface area contributed by atoms with E-state index in [9.17, 15) is 8.78 Å². The maximum Gasteiger partial charge on any atom is 0.192 e. The molecule has 0 bridgehead atoms. The summed E-state index contributed by atoms with van der Waals surface area (Å²) in [7, 11) is -1.85. The van der Waals surface area contributed by atoms with Crippen molar-refractivity contribution in [3.63, 3.8) is 0 Å². The fourth-order valence-corrected chi connectivity index (χ4v) is 7.00. The van der Waals surface area contributed by atoms with Gasteiger partial charge in [0.15, 0.2) is 8.32 Å². The molecule has 0 saturated carbocycles. The van der Waals surface area contributed by atoms with Crippen molar-refractivity contribution in [2.24, 2.45) is 0 Å². The van der Waals surface area contributed by atoms with E-state index < -0.39 is 20.0 Å². The average Bonchev–Trinajstić information content (AvgIpc) is 2.63. The highest BCUT2D eigenvalue weighted by Gasteiger charge is 2.32. The number of rotatable bonds is 10. The molecule has 1 unspecified atom stereocenters. The Bertz CT molecular complexity index is 732. The van der Waals surface area contributed by atoms with Gasteiger partial charge in [-0.15, -0.1) is 0 Å². The second-order valence-electron chi connectivity index (χ2n) is 7.22. The lowest BCUT2D eigenvalue weighted by molar-refractivity contribution is 0.176. The first-order valence-electron chi connectivity index (χ1n) is 9.89. The third-order valence-corrected chi connectivity index (χ3v) is 10.5. The number of hydrogen-bond acceptors (Lipinski definition) is 1. The number of halogens is 4. The van der Waals surface area contributed by atoms with Crippen LogP contribution in [0.4, 0.5) is 8.78 Å². The summed E-state index contributed by atoms with van der Waals surface area (Å²) in [6, 6.07) is 12.3. The Balaban J connectivity index is 2.19. The van der Waals surface area contributed by atoms with Crippen LogP contribution in [0.15, 0.2) is 36.4 Å². The predicted molar refractivity (Wildman–Crippen MR) is 117 cm³/mol. The number of hydrogen-bond donors (Lipinski definition) is 0. The molecule has 2 aromatic rings. The summed E-state index contributed by atoms with van der Waals surface area (Å²) in [5, 5.41) is 1.17. The molecule has 0 fully saturated rings. The van der Waals surface area contributed by atoms with Gasteiger partial charge in [-0.3, -0.25) is 0 Å². The van der Waals surface area contributed by atoms with Crippen LogP contribution in [0.3, 0.4) is 0 Å². The molecule has 1 nitrogen and oxygen atoms in total. The van der Waals surface area contributed by atoms with Gasteiger partial charge in [0.25, 0.3) is 0 Å². The lowest BCUT2D eigenvalue weighted by Crippen LogP contribution is -2.37. The number of benzene rings is 2. The van der Waals surface area contributed by atoms with Crippen LogP contribution in [0.2, 0.25) is 28.2 Å². The molecule has 0 aliphatic rings. The highest BCUT2D eigenvalue weighted by molar-refractivity contribution is 6.73. The third-order valence-electron chi connectivity index (χ3n) is 5.44. The van der Waals surface area contributed by atoms with Gasteiger partial charge in [0.05, 0.1) is 6.10 Å². The minimum absolute atomic E-state index is 0.124. The topological polar surface area (TPSA) is 9.23 Å². The molecule has 2 rings (SSSR count). The SMILES string of the molecule is CC[Si](CC)(CC)OC(CCCc1cc(F)cc(F)c1)c1cc(Cl)cc(Cl)c1. The highest BCUT2D eigenvalue weighted by atomic mass is 35.5. The summed E-state index contributed by atoms with van der Waals surface area (Å²) in [4.78, 5) is 0. The molecule has 2 aromatic carbocycles. The molecule has 0 N–H and O–H groups in total. The van der Waals surface area contributed by atoms with Gasteiger partial charge in [0, 0.05) is 16.1 Å². The molecule has 154 valence electrons. The zero-order valence-corrected chi connectivity index (χ0v) is 19.2. The molecule has 0 radical (unpaired) electrons. The molecule has 0 spiro atoms. The normalized spacial score (nSPS) is 13.0. The monoisotopic (exact) mass is 444 g/mol. The van der Waals surface area contributed by atoms with Gasteiger partial charge in [-0.25, -0.2) is 8.78 Å². The van der Waals surface area contributed by atoms with Crippen LogP contribution in [-0.4, -0.2) is 8.32 Å². The van der Waals surface area contributed by atoms with Crippen molar-refractivity contribution in [2.45, 2.75) is 64.3 Å². The van der Waals surface area contributed by atoms with Crippen molar-refractivity contribution in [3.8, 4) is 0 Å². The van der Waals surface area contributed by atoms with E-state index in [-0.39, 0.29) is 6.10 Å². The Kier molecular flexibility index (Phi) is 8.94. The predicted octanol–water partition coefficient (Wildman–Crippen LogP) is 8.36. The van der Waals surface area contributed by atoms with Crippen molar-refractivity contribution >= 4 is 31.5 Å². The van der Waals surface area contributed by atoms with Gasteiger partial charge in [-0.1, -0.05) is 44.0 Å². The van der Waals surface area contributed by atoms with Crippen LogP contribution >= 0.6 is 23.2 Å². The molecule has 0 amide bonds. The first-order chi connectivity index (χ1) is 13.3. The van der Waals surface area contributed by atoms with E-state index in [1.165, 1.54) is 12.1 Å². The van der Waals surface area contributed by atoms with Crippen molar-refractivity contribution < 1.29 is 13.2 Å². The fraction of sp³-hybridized carbons (Fsp3) is 0.455. The van der Waals surface area contributed by atoms with Crippen molar-refractivity contribution in [3.05, 3.63) is 69.2 Å². The summed E-state index contributed by atoms with van der Waals surface area (Å²) >= 11 is 12.4. The van der Waals surface area contributed by atoms with Gasteiger partial charge < -0.3 is 4.43 Å². The molecular formula is C22H28Cl2F2OSi. The van der Waals surface area contributed by atoms with Gasteiger partial charge in [0.2, 0.25) is 0 Å². The fourth-order valence-electron chi connectivity index (χ4n) is 3.60. The first kappa shape index (κ1) is 23.3. The summed E-state index contributed by atoms with van der Waals surface area (Å²) < 4.78 is 33.6. The summed E-state index contributed by atoms with van der Waals surface area (Å²) in [6.07, 6.45) is 1.95. The van der Waals surface area contributed by atoms with E-state index in [2.05, 4.69) is 20.8 Å². The smallest absolute Gasteiger partial charge is 0.192 e. The van der Waals surface area contributed by atoms with Crippen LogP contribution in [0.5, 0.6) is 0 Å². The van der Waals surface area contributed by atoms with Crippen molar-refractivity contribution in [2.75, 3.05) is 0 Å². The third kappa shape index (κ3) is 6.55. The minimum atomic E-state index is -1.85. The summed E-state index contributed by atoms with van der Waals surface area (Å²) in [6.45, 7) is 6.57. The lowest BCUT2D eigenvalue weighted by atomic mass is 10.0. The zero-order valence-electron chi connectivity index (χ0n) is 16.7. The molecule has 0 aliphatic heterocycles. The van der Waals surface area contributed by atoms with Gasteiger partial charge in [-0.2, -0.15) is 0 Å². The Hall–Kier alpha value is -0.943. The van der Waals surface area contributed by atoms with Crippen LogP contribution in [0.1, 0.15) is 50.8 Å². The van der Waals surface area contributed by atoms with E-state index in [4.69, 9.17) is 27.6 Å². The Morgan fingerprint density at radius 1 is 0.857 bits per heavy atom. The Labute approximate surface area is 178 Å². The molecule has 0 heterocycles. The average molecular weight is 445 g/mol.